The topological polar surface area (TPSA) is 74.3 Å². The van der Waals surface area contributed by atoms with Crippen LogP contribution in [-0.2, 0) is 29.5 Å². The third kappa shape index (κ3) is 4.06. The molecule has 0 radical (unpaired) electrons. The van der Waals surface area contributed by atoms with Crippen molar-refractivity contribution >= 4 is 10.1 Å². The van der Waals surface area contributed by atoms with Crippen LogP contribution in [-0.4, -0.2) is 46.9 Å². The summed E-state index contributed by atoms with van der Waals surface area (Å²) in [6, 6.07) is 8.14. The highest BCUT2D eigenvalue weighted by molar-refractivity contribution is 7.87. The summed E-state index contributed by atoms with van der Waals surface area (Å²) >= 11 is 0. The van der Waals surface area contributed by atoms with Gasteiger partial charge < -0.3 is 18.4 Å². The van der Waals surface area contributed by atoms with Gasteiger partial charge >= 0.3 is 10.1 Å². The van der Waals surface area contributed by atoms with Gasteiger partial charge in [-0.15, -0.1) is 0 Å². The van der Waals surface area contributed by atoms with Crippen molar-refractivity contribution in [2.75, 3.05) is 33.6 Å². The van der Waals surface area contributed by atoms with E-state index in [9.17, 15) is 8.42 Å². The van der Waals surface area contributed by atoms with Crippen molar-refractivity contribution in [1.82, 2.24) is 4.90 Å². The molecule has 1 atom stereocenters. The molecule has 8 heteroatoms. The molecule has 2 aliphatic rings. The highest BCUT2D eigenvalue weighted by Gasteiger charge is 2.35. The SMILES string of the molecule is CCCS(=O)(=O)Oc1c(OC)ccc2c1CN1CCc3cc(OC)c(OC)cc3C1C2. The molecule has 0 fully saturated rings. The van der Waals surface area contributed by atoms with Crippen LogP contribution in [0, 0.1) is 0 Å². The van der Waals surface area contributed by atoms with Crippen molar-refractivity contribution in [3.63, 3.8) is 0 Å². The molecule has 0 aromatic heterocycles. The summed E-state index contributed by atoms with van der Waals surface area (Å²) in [5.74, 6) is 2.21. The van der Waals surface area contributed by atoms with Crippen molar-refractivity contribution in [2.45, 2.75) is 38.8 Å². The molecule has 2 aromatic rings. The fraction of sp³-hybridized carbons (Fsp3) is 0.478. The van der Waals surface area contributed by atoms with Gasteiger partial charge in [-0.3, -0.25) is 4.90 Å². The first kappa shape index (κ1) is 21.8. The van der Waals surface area contributed by atoms with Crippen molar-refractivity contribution in [1.29, 1.82) is 0 Å². The summed E-state index contributed by atoms with van der Waals surface area (Å²) in [5.41, 5.74) is 4.45. The highest BCUT2D eigenvalue weighted by atomic mass is 32.2. The van der Waals surface area contributed by atoms with E-state index in [4.69, 9.17) is 18.4 Å². The molecule has 0 spiro atoms. The lowest BCUT2D eigenvalue weighted by atomic mass is 9.83. The Bertz CT molecular complexity index is 1080. The first-order valence-electron chi connectivity index (χ1n) is 10.5. The van der Waals surface area contributed by atoms with Crippen LogP contribution in [0.25, 0.3) is 0 Å². The molecule has 0 saturated carbocycles. The van der Waals surface area contributed by atoms with E-state index >= 15 is 0 Å². The van der Waals surface area contributed by atoms with Crippen molar-refractivity contribution < 1.29 is 26.8 Å². The second-order valence-electron chi connectivity index (χ2n) is 7.93. The summed E-state index contributed by atoms with van der Waals surface area (Å²) in [5, 5.41) is 0. The molecule has 4 rings (SSSR count). The Labute approximate surface area is 184 Å². The molecule has 2 aliphatic heterocycles. The number of methoxy groups -OCH3 is 3. The minimum absolute atomic E-state index is 0.0266. The van der Waals surface area contributed by atoms with Crippen LogP contribution in [0.3, 0.4) is 0 Å². The number of benzene rings is 2. The summed E-state index contributed by atoms with van der Waals surface area (Å²) in [6.45, 7) is 3.28. The van der Waals surface area contributed by atoms with Gasteiger partial charge in [0.15, 0.2) is 23.0 Å². The summed E-state index contributed by atoms with van der Waals surface area (Å²) in [6.07, 6.45) is 2.14. The van der Waals surface area contributed by atoms with Crippen LogP contribution >= 0.6 is 0 Å². The molecule has 168 valence electrons. The Morgan fingerprint density at radius 3 is 2.39 bits per heavy atom. The van der Waals surface area contributed by atoms with E-state index < -0.39 is 10.1 Å². The molecule has 0 saturated heterocycles. The fourth-order valence-corrected chi connectivity index (χ4v) is 5.62. The Kier molecular flexibility index (Phi) is 6.03. The van der Waals surface area contributed by atoms with Crippen LogP contribution in [0.15, 0.2) is 24.3 Å². The molecule has 31 heavy (non-hydrogen) atoms. The smallest absolute Gasteiger partial charge is 0.309 e. The standard InChI is InChI=1S/C23H29NO6S/c1-5-10-31(25,26)30-23-18-14-24-9-8-16-12-21(28-3)22(29-4)13-17(16)19(24)11-15(18)6-7-20(23)27-2/h6-7,12-13,19H,5,8-11,14H2,1-4H3. The third-order valence-electron chi connectivity index (χ3n) is 6.09. The number of nitrogens with zero attached hydrogens (tertiary/aromatic N) is 1. The molecular formula is C23H29NO6S. The van der Waals surface area contributed by atoms with Crippen molar-refractivity contribution in [3.8, 4) is 23.0 Å². The molecule has 0 bridgehead atoms. The zero-order valence-corrected chi connectivity index (χ0v) is 19.3. The largest absolute Gasteiger partial charge is 0.493 e. The van der Waals surface area contributed by atoms with Crippen LogP contribution in [0.2, 0.25) is 0 Å². The lowest BCUT2D eigenvalue weighted by molar-refractivity contribution is 0.158. The number of rotatable bonds is 7. The normalized spacial score (nSPS) is 17.9. The average Bonchev–Trinajstić information content (AvgIpc) is 2.76. The van der Waals surface area contributed by atoms with Crippen LogP contribution in [0.5, 0.6) is 23.0 Å². The van der Waals surface area contributed by atoms with Gasteiger partial charge in [-0.1, -0.05) is 13.0 Å². The minimum Gasteiger partial charge on any atom is -0.493 e. The molecule has 0 aliphatic carbocycles. The number of hydrogen-bond donors (Lipinski definition) is 0. The summed E-state index contributed by atoms with van der Waals surface area (Å²) in [7, 11) is 1.15. The van der Waals surface area contributed by atoms with Gasteiger partial charge in [0, 0.05) is 24.7 Å². The maximum atomic E-state index is 12.4. The average molecular weight is 448 g/mol. The van der Waals surface area contributed by atoms with Crippen LogP contribution in [0.4, 0.5) is 0 Å². The molecular weight excluding hydrogens is 418 g/mol. The van der Waals surface area contributed by atoms with Gasteiger partial charge in [0.1, 0.15) is 0 Å². The zero-order chi connectivity index (χ0) is 22.2. The first-order chi connectivity index (χ1) is 14.9. The first-order valence-corrected chi connectivity index (χ1v) is 12.1. The maximum Gasteiger partial charge on any atom is 0.309 e. The van der Waals surface area contributed by atoms with Crippen LogP contribution < -0.4 is 18.4 Å². The lowest BCUT2D eigenvalue weighted by Gasteiger charge is -2.42. The predicted molar refractivity (Wildman–Crippen MR) is 118 cm³/mol. The minimum atomic E-state index is -3.67. The monoisotopic (exact) mass is 447 g/mol. The Hall–Kier alpha value is -2.45. The lowest BCUT2D eigenvalue weighted by Crippen LogP contribution is -2.39. The zero-order valence-electron chi connectivity index (χ0n) is 18.4. The highest BCUT2D eigenvalue weighted by Crippen LogP contribution is 2.46. The summed E-state index contributed by atoms with van der Waals surface area (Å²) in [4.78, 5) is 2.37. The van der Waals surface area contributed by atoms with Gasteiger partial charge in [0.2, 0.25) is 0 Å². The van der Waals surface area contributed by atoms with Gasteiger partial charge in [-0.25, -0.2) is 0 Å². The predicted octanol–water partition coefficient (Wildman–Crippen LogP) is 3.49. The number of hydrogen-bond acceptors (Lipinski definition) is 7. The van der Waals surface area contributed by atoms with E-state index in [0.717, 1.165) is 42.0 Å². The third-order valence-corrected chi connectivity index (χ3v) is 7.42. The Balaban J connectivity index is 1.74. The van der Waals surface area contributed by atoms with E-state index in [2.05, 4.69) is 17.0 Å². The molecule has 2 heterocycles. The van der Waals surface area contributed by atoms with Crippen LogP contribution in [0.1, 0.15) is 41.6 Å². The number of fused-ring (bicyclic) bond motifs is 4. The molecule has 1 unspecified atom stereocenters. The molecule has 0 N–H and O–H groups in total. The number of ether oxygens (including phenoxy) is 3. The van der Waals surface area contributed by atoms with Crippen molar-refractivity contribution in [2.24, 2.45) is 0 Å². The molecule has 0 amide bonds. The molecule has 2 aromatic carbocycles. The second-order valence-corrected chi connectivity index (χ2v) is 9.62. The van der Waals surface area contributed by atoms with E-state index in [1.807, 2.05) is 13.0 Å². The molecule has 7 nitrogen and oxygen atoms in total. The van der Waals surface area contributed by atoms with Gasteiger partial charge in [-0.2, -0.15) is 8.42 Å². The fourth-order valence-electron chi connectivity index (χ4n) is 4.60. The Morgan fingerprint density at radius 1 is 1.00 bits per heavy atom. The second kappa shape index (κ2) is 8.59. The van der Waals surface area contributed by atoms with Gasteiger partial charge in [-0.05, 0) is 54.2 Å². The summed E-state index contributed by atoms with van der Waals surface area (Å²) < 4.78 is 46.8. The van der Waals surface area contributed by atoms with Crippen molar-refractivity contribution in [3.05, 3.63) is 46.5 Å². The Morgan fingerprint density at radius 2 is 1.71 bits per heavy atom. The van der Waals surface area contributed by atoms with E-state index in [0.29, 0.717) is 24.5 Å². The van der Waals surface area contributed by atoms with Gasteiger partial charge in [0.25, 0.3) is 0 Å². The van der Waals surface area contributed by atoms with E-state index in [-0.39, 0.29) is 11.8 Å². The maximum absolute atomic E-state index is 12.4. The van der Waals surface area contributed by atoms with Gasteiger partial charge in [0.05, 0.1) is 27.1 Å². The van der Waals surface area contributed by atoms with E-state index in [1.165, 1.54) is 18.2 Å². The van der Waals surface area contributed by atoms with E-state index in [1.54, 1.807) is 20.3 Å². The quantitative estimate of drug-likeness (QED) is 0.602.